The van der Waals surface area contributed by atoms with Crippen molar-refractivity contribution < 1.29 is 13.2 Å². The summed E-state index contributed by atoms with van der Waals surface area (Å²) in [4.78, 5) is 0. The van der Waals surface area contributed by atoms with Gasteiger partial charge < -0.3 is 4.74 Å². The van der Waals surface area contributed by atoms with E-state index < -0.39 is 10.0 Å². The van der Waals surface area contributed by atoms with Crippen molar-refractivity contribution in [2.45, 2.75) is 0 Å². The Morgan fingerprint density at radius 1 is 1.53 bits per heavy atom. The van der Waals surface area contributed by atoms with Crippen LogP contribution in [0.1, 0.15) is 0 Å². The molecule has 0 aromatic heterocycles. The summed E-state index contributed by atoms with van der Waals surface area (Å²) < 4.78 is 30.7. The normalized spacial score (nSPS) is 11.0. The van der Waals surface area contributed by atoms with E-state index in [4.69, 9.17) is 4.74 Å². The van der Waals surface area contributed by atoms with Crippen LogP contribution in [0.25, 0.3) is 0 Å². The molecular weight excluding hydrogens is 353 g/mol. The first-order valence-corrected chi connectivity index (χ1v) is 7.75. The number of halogens is 1. The molecule has 0 bridgehead atoms. The molecule has 4 nitrogen and oxygen atoms in total. The van der Waals surface area contributed by atoms with Crippen molar-refractivity contribution in [2.75, 3.05) is 24.2 Å². The van der Waals surface area contributed by atoms with Crippen LogP contribution in [-0.2, 0) is 10.0 Å². The van der Waals surface area contributed by atoms with Crippen molar-refractivity contribution in [3.8, 4) is 5.75 Å². The lowest BCUT2D eigenvalue weighted by Gasteiger charge is -2.22. The molecule has 0 spiro atoms. The van der Waals surface area contributed by atoms with Crippen LogP contribution in [0.15, 0.2) is 30.9 Å². The van der Waals surface area contributed by atoms with Crippen LogP contribution in [-0.4, -0.2) is 28.3 Å². The fourth-order valence-electron chi connectivity index (χ4n) is 1.34. The summed E-state index contributed by atoms with van der Waals surface area (Å²) >= 11 is 2.09. The van der Waals surface area contributed by atoms with Crippen molar-refractivity contribution in [3.63, 3.8) is 0 Å². The van der Waals surface area contributed by atoms with Gasteiger partial charge in [-0.15, -0.1) is 6.58 Å². The van der Waals surface area contributed by atoms with E-state index in [-0.39, 0.29) is 6.54 Å². The van der Waals surface area contributed by atoms with E-state index in [2.05, 4.69) is 29.2 Å². The van der Waals surface area contributed by atoms with E-state index in [0.29, 0.717) is 11.4 Å². The van der Waals surface area contributed by atoms with E-state index in [0.717, 1.165) is 3.57 Å². The van der Waals surface area contributed by atoms with Gasteiger partial charge in [0.1, 0.15) is 5.75 Å². The zero-order valence-electron chi connectivity index (χ0n) is 9.68. The third kappa shape index (κ3) is 3.60. The van der Waals surface area contributed by atoms with Gasteiger partial charge in [0.15, 0.2) is 0 Å². The largest absolute Gasteiger partial charge is 0.497 e. The fourth-order valence-corrected chi connectivity index (χ4v) is 3.02. The van der Waals surface area contributed by atoms with Crippen LogP contribution >= 0.6 is 22.6 Å². The minimum atomic E-state index is -3.33. The monoisotopic (exact) mass is 367 g/mol. The van der Waals surface area contributed by atoms with Gasteiger partial charge in [0.2, 0.25) is 10.0 Å². The van der Waals surface area contributed by atoms with Gasteiger partial charge in [-0.3, -0.25) is 4.31 Å². The number of nitrogens with zero attached hydrogens (tertiary/aromatic N) is 1. The van der Waals surface area contributed by atoms with E-state index >= 15 is 0 Å². The summed E-state index contributed by atoms with van der Waals surface area (Å²) in [5.74, 6) is 0.623. The lowest BCUT2D eigenvalue weighted by atomic mass is 10.3. The number of rotatable bonds is 5. The maximum absolute atomic E-state index is 11.7. The summed E-state index contributed by atoms with van der Waals surface area (Å²) in [7, 11) is -1.78. The highest BCUT2D eigenvalue weighted by molar-refractivity contribution is 14.1. The molecule has 0 heterocycles. The van der Waals surface area contributed by atoms with Gasteiger partial charge in [-0.05, 0) is 34.7 Å². The molecular formula is C11H14INO3S. The molecule has 17 heavy (non-hydrogen) atoms. The number of ether oxygens (including phenoxy) is 1. The molecule has 1 aromatic carbocycles. The maximum Gasteiger partial charge on any atom is 0.232 e. The highest BCUT2D eigenvalue weighted by Gasteiger charge is 2.18. The highest BCUT2D eigenvalue weighted by atomic mass is 127. The first-order chi connectivity index (χ1) is 7.90. The molecule has 0 atom stereocenters. The Hall–Kier alpha value is -0.760. The Bertz CT molecular complexity index is 513. The van der Waals surface area contributed by atoms with Crippen LogP contribution in [0.2, 0.25) is 0 Å². The van der Waals surface area contributed by atoms with Gasteiger partial charge in [-0.2, -0.15) is 0 Å². The molecule has 0 aliphatic heterocycles. The zero-order chi connectivity index (χ0) is 13.1. The van der Waals surface area contributed by atoms with E-state index in [1.165, 1.54) is 10.6 Å². The molecule has 1 aromatic rings. The van der Waals surface area contributed by atoms with Crippen LogP contribution in [0.4, 0.5) is 5.69 Å². The smallest absolute Gasteiger partial charge is 0.232 e. The van der Waals surface area contributed by atoms with Gasteiger partial charge in [0.05, 0.1) is 25.6 Å². The SMILES string of the molecule is C=CCN(c1cc(OC)ccc1I)S(C)(=O)=O. The number of hydrogen-bond donors (Lipinski definition) is 0. The summed E-state index contributed by atoms with van der Waals surface area (Å²) in [6.45, 7) is 3.81. The Balaban J connectivity index is 3.31. The van der Waals surface area contributed by atoms with Crippen LogP contribution in [0, 0.1) is 3.57 Å². The Labute approximate surface area is 115 Å². The standard InChI is InChI=1S/C11H14INO3S/c1-4-7-13(17(3,14)15)11-8-9(16-2)5-6-10(11)12/h4-6,8H,1,7H2,2-3H3. The lowest BCUT2D eigenvalue weighted by Crippen LogP contribution is -2.30. The molecule has 6 heteroatoms. The minimum absolute atomic E-state index is 0.238. The number of benzene rings is 1. The van der Waals surface area contributed by atoms with E-state index in [1.807, 2.05) is 6.07 Å². The predicted octanol–water partition coefficient (Wildman–Crippen LogP) is 2.25. The zero-order valence-corrected chi connectivity index (χ0v) is 12.7. The van der Waals surface area contributed by atoms with Crippen LogP contribution in [0.3, 0.4) is 0 Å². The summed E-state index contributed by atoms with van der Waals surface area (Å²) in [6, 6.07) is 5.31. The van der Waals surface area contributed by atoms with Crippen LogP contribution < -0.4 is 9.04 Å². The number of hydrogen-bond acceptors (Lipinski definition) is 3. The molecule has 0 aliphatic carbocycles. The quantitative estimate of drug-likeness (QED) is 0.593. The average molecular weight is 367 g/mol. The molecule has 0 N–H and O–H groups in total. The van der Waals surface area contributed by atoms with E-state index in [1.54, 1.807) is 25.3 Å². The molecule has 94 valence electrons. The molecule has 0 unspecified atom stereocenters. The van der Waals surface area contributed by atoms with Crippen molar-refractivity contribution in [3.05, 3.63) is 34.4 Å². The topological polar surface area (TPSA) is 46.6 Å². The summed E-state index contributed by atoms with van der Waals surface area (Å²) in [5.41, 5.74) is 0.604. The van der Waals surface area contributed by atoms with Crippen molar-refractivity contribution in [1.82, 2.24) is 0 Å². The lowest BCUT2D eigenvalue weighted by molar-refractivity contribution is 0.415. The van der Waals surface area contributed by atoms with Crippen molar-refractivity contribution >= 4 is 38.3 Å². The molecule has 0 saturated heterocycles. The Kier molecular flexibility index (Phi) is 4.81. The number of anilines is 1. The van der Waals surface area contributed by atoms with Gasteiger partial charge in [0, 0.05) is 9.64 Å². The molecule has 0 aliphatic rings. The number of sulfonamides is 1. The molecule has 0 fully saturated rings. The van der Waals surface area contributed by atoms with Gasteiger partial charge in [-0.25, -0.2) is 8.42 Å². The predicted molar refractivity (Wildman–Crippen MR) is 78.1 cm³/mol. The number of methoxy groups -OCH3 is 1. The van der Waals surface area contributed by atoms with Crippen molar-refractivity contribution in [2.24, 2.45) is 0 Å². The van der Waals surface area contributed by atoms with Gasteiger partial charge in [0.25, 0.3) is 0 Å². The second-order valence-electron chi connectivity index (χ2n) is 3.40. The highest BCUT2D eigenvalue weighted by Crippen LogP contribution is 2.28. The van der Waals surface area contributed by atoms with Crippen molar-refractivity contribution in [1.29, 1.82) is 0 Å². The molecule has 0 radical (unpaired) electrons. The maximum atomic E-state index is 11.7. The first-order valence-electron chi connectivity index (χ1n) is 4.82. The fraction of sp³-hybridized carbons (Fsp3) is 0.273. The molecule has 0 amide bonds. The Morgan fingerprint density at radius 2 is 2.18 bits per heavy atom. The second-order valence-corrected chi connectivity index (χ2v) is 6.47. The third-order valence-electron chi connectivity index (χ3n) is 2.12. The van der Waals surface area contributed by atoms with E-state index in [9.17, 15) is 8.42 Å². The van der Waals surface area contributed by atoms with Gasteiger partial charge in [-0.1, -0.05) is 6.08 Å². The first kappa shape index (κ1) is 14.3. The molecule has 0 saturated carbocycles. The average Bonchev–Trinajstić information content (AvgIpc) is 2.25. The molecule has 1 rings (SSSR count). The summed E-state index contributed by atoms with van der Waals surface area (Å²) in [6.07, 6.45) is 2.72. The van der Waals surface area contributed by atoms with Gasteiger partial charge >= 0.3 is 0 Å². The Morgan fingerprint density at radius 3 is 2.65 bits per heavy atom. The van der Waals surface area contributed by atoms with Crippen LogP contribution in [0.5, 0.6) is 5.75 Å². The third-order valence-corrected chi connectivity index (χ3v) is 4.18. The summed E-state index contributed by atoms with van der Waals surface area (Å²) in [5, 5.41) is 0. The second kappa shape index (κ2) is 5.72. The minimum Gasteiger partial charge on any atom is -0.497 e.